The summed E-state index contributed by atoms with van der Waals surface area (Å²) in [5.74, 6) is 0.693. The summed E-state index contributed by atoms with van der Waals surface area (Å²) >= 11 is 0. The monoisotopic (exact) mass is 290 g/mol. The first-order chi connectivity index (χ1) is 10.8. The fourth-order valence-corrected chi connectivity index (χ4v) is 2.85. The topological polar surface area (TPSA) is 78.2 Å². The molecule has 106 valence electrons. The molecule has 5 aromatic rings. The number of benzene rings is 1. The van der Waals surface area contributed by atoms with Crippen LogP contribution in [-0.2, 0) is 7.05 Å². The molecule has 0 aliphatic carbocycles. The van der Waals surface area contributed by atoms with Gasteiger partial charge in [0.25, 0.3) is 0 Å². The third kappa shape index (κ3) is 1.28. The first-order valence-corrected chi connectivity index (χ1v) is 6.77. The minimum Gasteiger partial charge on any atom is -0.284 e. The van der Waals surface area contributed by atoms with Crippen LogP contribution >= 0.6 is 0 Å². The molecule has 0 unspecified atom stereocenters. The van der Waals surface area contributed by atoms with Crippen molar-refractivity contribution < 1.29 is 0 Å². The molecular formula is C14H10N8. The van der Waals surface area contributed by atoms with Crippen LogP contribution in [0.3, 0.4) is 0 Å². The van der Waals surface area contributed by atoms with E-state index < -0.39 is 0 Å². The van der Waals surface area contributed by atoms with Crippen molar-refractivity contribution in [2.75, 3.05) is 0 Å². The van der Waals surface area contributed by atoms with E-state index in [2.05, 4.69) is 25.5 Å². The van der Waals surface area contributed by atoms with E-state index in [1.165, 1.54) is 0 Å². The molecule has 1 aromatic carbocycles. The van der Waals surface area contributed by atoms with Crippen molar-refractivity contribution in [3.8, 4) is 11.5 Å². The first kappa shape index (κ1) is 11.4. The maximum atomic E-state index is 4.38. The molecule has 22 heavy (non-hydrogen) atoms. The highest BCUT2D eigenvalue weighted by Gasteiger charge is 2.17. The van der Waals surface area contributed by atoms with Crippen LogP contribution in [0.15, 0.2) is 43.0 Å². The van der Waals surface area contributed by atoms with Gasteiger partial charge in [0.1, 0.15) is 17.7 Å². The van der Waals surface area contributed by atoms with Gasteiger partial charge in [0.2, 0.25) is 0 Å². The molecule has 0 aliphatic rings. The third-order valence-corrected chi connectivity index (χ3v) is 3.86. The van der Waals surface area contributed by atoms with Crippen molar-refractivity contribution in [1.82, 2.24) is 39.0 Å². The van der Waals surface area contributed by atoms with Gasteiger partial charge in [0, 0.05) is 12.4 Å². The highest BCUT2D eigenvalue weighted by molar-refractivity contribution is 5.94. The molecule has 0 saturated carbocycles. The van der Waals surface area contributed by atoms with Crippen molar-refractivity contribution >= 4 is 22.2 Å². The van der Waals surface area contributed by atoms with Crippen molar-refractivity contribution in [2.45, 2.75) is 0 Å². The predicted molar refractivity (Wildman–Crippen MR) is 79.2 cm³/mol. The molecular weight excluding hydrogens is 280 g/mol. The third-order valence-electron chi connectivity index (χ3n) is 3.86. The van der Waals surface area contributed by atoms with Crippen molar-refractivity contribution in [3.05, 3.63) is 43.0 Å². The Morgan fingerprint density at radius 1 is 1.05 bits per heavy atom. The SMILES string of the molecule is Cn1nncc1-c1nnc2c3ccccc3n3cncc3n12. The number of nitrogens with zero attached hydrogens (tertiary/aromatic N) is 8. The van der Waals surface area contributed by atoms with Crippen molar-refractivity contribution in [1.29, 1.82) is 0 Å². The van der Waals surface area contributed by atoms with Gasteiger partial charge in [-0.2, -0.15) is 0 Å². The zero-order valence-corrected chi connectivity index (χ0v) is 11.6. The smallest absolute Gasteiger partial charge is 0.190 e. The Morgan fingerprint density at radius 2 is 1.95 bits per heavy atom. The molecule has 0 radical (unpaired) electrons. The summed E-state index contributed by atoms with van der Waals surface area (Å²) in [7, 11) is 1.83. The van der Waals surface area contributed by atoms with E-state index in [-0.39, 0.29) is 0 Å². The minimum atomic E-state index is 0.693. The van der Waals surface area contributed by atoms with Gasteiger partial charge in [-0.25, -0.2) is 9.67 Å². The summed E-state index contributed by atoms with van der Waals surface area (Å²) in [6.07, 6.45) is 5.27. The summed E-state index contributed by atoms with van der Waals surface area (Å²) < 4.78 is 5.69. The molecule has 0 aliphatic heterocycles. The average molecular weight is 290 g/mol. The number of fused-ring (bicyclic) bond motifs is 6. The van der Waals surface area contributed by atoms with Crippen LogP contribution < -0.4 is 0 Å². The second-order valence-electron chi connectivity index (χ2n) is 5.06. The lowest BCUT2D eigenvalue weighted by Gasteiger charge is -2.06. The Bertz CT molecular complexity index is 1150. The second kappa shape index (κ2) is 3.88. The van der Waals surface area contributed by atoms with Crippen LogP contribution in [0, 0.1) is 0 Å². The minimum absolute atomic E-state index is 0.693. The van der Waals surface area contributed by atoms with Crippen LogP contribution in [0.25, 0.3) is 33.7 Å². The van der Waals surface area contributed by atoms with Gasteiger partial charge >= 0.3 is 0 Å². The second-order valence-corrected chi connectivity index (χ2v) is 5.06. The maximum Gasteiger partial charge on any atom is 0.190 e. The van der Waals surface area contributed by atoms with E-state index in [9.17, 15) is 0 Å². The fraction of sp³-hybridized carbons (Fsp3) is 0.0714. The van der Waals surface area contributed by atoms with E-state index in [0.717, 1.165) is 27.9 Å². The van der Waals surface area contributed by atoms with E-state index in [1.807, 2.05) is 40.1 Å². The van der Waals surface area contributed by atoms with Gasteiger partial charge in [-0.15, -0.1) is 15.3 Å². The van der Waals surface area contributed by atoms with Crippen molar-refractivity contribution in [3.63, 3.8) is 0 Å². The summed E-state index contributed by atoms with van der Waals surface area (Å²) in [5.41, 5.74) is 3.53. The molecule has 8 heteroatoms. The molecule has 0 N–H and O–H groups in total. The van der Waals surface area contributed by atoms with Gasteiger partial charge in [-0.05, 0) is 12.1 Å². The van der Waals surface area contributed by atoms with E-state index in [0.29, 0.717) is 5.82 Å². The summed E-state index contributed by atoms with van der Waals surface area (Å²) in [5, 5.41) is 17.6. The summed E-state index contributed by atoms with van der Waals surface area (Å²) in [4.78, 5) is 4.27. The zero-order chi connectivity index (χ0) is 14.7. The number of hydrogen-bond acceptors (Lipinski definition) is 5. The summed E-state index contributed by atoms with van der Waals surface area (Å²) in [6.45, 7) is 0. The number of imidazole rings is 1. The number of aromatic nitrogens is 8. The maximum absolute atomic E-state index is 4.38. The molecule has 0 atom stereocenters. The van der Waals surface area contributed by atoms with Crippen LogP contribution in [-0.4, -0.2) is 39.0 Å². The highest BCUT2D eigenvalue weighted by atomic mass is 15.4. The summed E-state index contributed by atoms with van der Waals surface area (Å²) in [6, 6.07) is 8.07. The average Bonchev–Trinajstić information content (AvgIpc) is 3.24. The van der Waals surface area contributed by atoms with E-state index >= 15 is 0 Å². The molecule has 8 nitrogen and oxygen atoms in total. The molecule has 0 spiro atoms. The van der Waals surface area contributed by atoms with Crippen LogP contribution in [0.4, 0.5) is 0 Å². The Morgan fingerprint density at radius 3 is 2.82 bits per heavy atom. The van der Waals surface area contributed by atoms with Crippen LogP contribution in [0.2, 0.25) is 0 Å². The fourth-order valence-electron chi connectivity index (χ4n) is 2.85. The van der Waals surface area contributed by atoms with Crippen LogP contribution in [0.5, 0.6) is 0 Å². The Labute approximate surface area is 123 Å². The Kier molecular flexibility index (Phi) is 2.01. The lowest BCUT2D eigenvalue weighted by molar-refractivity contribution is 0.717. The molecule has 4 heterocycles. The molecule has 4 aromatic heterocycles. The highest BCUT2D eigenvalue weighted by Crippen LogP contribution is 2.26. The van der Waals surface area contributed by atoms with Gasteiger partial charge in [0.05, 0.1) is 17.9 Å². The van der Waals surface area contributed by atoms with Crippen LogP contribution in [0.1, 0.15) is 0 Å². The molecule has 5 rings (SSSR count). The predicted octanol–water partition coefficient (Wildman–Crippen LogP) is 1.33. The Hall–Kier alpha value is -3.29. The normalized spacial score (nSPS) is 11.9. The zero-order valence-electron chi connectivity index (χ0n) is 11.6. The molecule has 0 amide bonds. The standard InChI is InChI=1S/C14H10N8/c1-20-11(6-16-19-20)14-18-17-13-9-4-2-3-5-10(9)21-8-15-7-12(21)22(13)14/h2-8H,1H3. The van der Waals surface area contributed by atoms with Gasteiger partial charge in [-0.1, -0.05) is 17.3 Å². The lowest BCUT2D eigenvalue weighted by Crippen LogP contribution is -2.01. The number of rotatable bonds is 1. The largest absolute Gasteiger partial charge is 0.284 e. The quantitative estimate of drug-likeness (QED) is 0.465. The Balaban J connectivity index is 2.07. The van der Waals surface area contributed by atoms with Gasteiger partial charge < -0.3 is 0 Å². The number of hydrogen-bond donors (Lipinski definition) is 0. The number of aryl methyl sites for hydroxylation is 1. The van der Waals surface area contributed by atoms with Gasteiger partial charge in [-0.3, -0.25) is 8.80 Å². The first-order valence-electron chi connectivity index (χ1n) is 6.77. The number of para-hydroxylation sites is 1. The van der Waals surface area contributed by atoms with E-state index in [1.54, 1.807) is 23.4 Å². The van der Waals surface area contributed by atoms with Gasteiger partial charge in [0.15, 0.2) is 11.5 Å². The lowest BCUT2D eigenvalue weighted by atomic mass is 10.2. The van der Waals surface area contributed by atoms with Crippen molar-refractivity contribution in [2.24, 2.45) is 7.05 Å². The molecule has 0 fully saturated rings. The molecule has 0 bridgehead atoms. The molecule has 0 saturated heterocycles. The van der Waals surface area contributed by atoms with E-state index in [4.69, 9.17) is 0 Å².